The van der Waals surface area contributed by atoms with Crippen molar-refractivity contribution in [1.82, 2.24) is 9.78 Å². The van der Waals surface area contributed by atoms with Crippen molar-refractivity contribution in [2.45, 2.75) is 13.1 Å². The molecule has 0 bridgehead atoms. The van der Waals surface area contributed by atoms with Gasteiger partial charge in [0, 0.05) is 12.7 Å². The van der Waals surface area contributed by atoms with E-state index in [1.165, 1.54) is 0 Å². The van der Waals surface area contributed by atoms with Crippen LogP contribution in [0.5, 0.6) is 11.5 Å². The van der Waals surface area contributed by atoms with E-state index in [1.807, 2.05) is 60.8 Å². The molecule has 2 N–H and O–H groups in total. The van der Waals surface area contributed by atoms with Gasteiger partial charge in [-0.15, -0.1) is 0 Å². The van der Waals surface area contributed by atoms with Gasteiger partial charge in [0.25, 0.3) is 0 Å². The Morgan fingerprint density at radius 1 is 1.04 bits per heavy atom. The third kappa shape index (κ3) is 4.34. The van der Waals surface area contributed by atoms with Crippen molar-refractivity contribution in [3.05, 3.63) is 72.6 Å². The quantitative estimate of drug-likeness (QED) is 0.703. The van der Waals surface area contributed by atoms with Crippen LogP contribution in [-0.2, 0) is 13.1 Å². The van der Waals surface area contributed by atoms with Gasteiger partial charge in [-0.05, 0) is 29.8 Å². The number of rotatable bonds is 7. The topological polar surface area (TPSA) is 59.3 Å². The normalized spacial score (nSPS) is 10.5. The number of nitrogens with zero attached hydrogens (tertiary/aromatic N) is 2. The highest BCUT2D eigenvalue weighted by Crippen LogP contribution is 2.22. The molecule has 0 spiro atoms. The monoisotopic (exact) mass is 309 g/mol. The highest BCUT2D eigenvalue weighted by Gasteiger charge is 2.01. The Morgan fingerprint density at radius 2 is 1.87 bits per heavy atom. The molecule has 0 aliphatic carbocycles. The number of hydrogen-bond donors (Lipinski definition) is 2. The molecule has 2 aromatic carbocycles. The summed E-state index contributed by atoms with van der Waals surface area (Å²) in [6.07, 6.45) is 3.63. The number of para-hydroxylation sites is 1. The molecule has 3 rings (SSSR count). The molecule has 0 fully saturated rings. The van der Waals surface area contributed by atoms with Crippen LogP contribution >= 0.6 is 0 Å². The smallest absolute Gasteiger partial charge is 0.127 e. The fourth-order valence-corrected chi connectivity index (χ4v) is 2.23. The molecule has 1 heterocycles. The van der Waals surface area contributed by atoms with E-state index in [0.29, 0.717) is 13.1 Å². The second kappa shape index (κ2) is 7.47. The number of benzene rings is 2. The molecule has 5 nitrogen and oxygen atoms in total. The average molecular weight is 309 g/mol. The highest BCUT2D eigenvalue weighted by atomic mass is 16.5. The van der Waals surface area contributed by atoms with Gasteiger partial charge >= 0.3 is 0 Å². The van der Waals surface area contributed by atoms with E-state index in [9.17, 15) is 0 Å². The van der Waals surface area contributed by atoms with Crippen LogP contribution in [0.15, 0.2) is 67.0 Å². The second-order valence-corrected chi connectivity index (χ2v) is 5.13. The Bertz CT molecular complexity index is 741. The van der Waals surface area contributed by atoms with Gasteiger partial charge in [0.05, 0.1) is 25.0 Å². The minimum absolute atomic E-state index is 0.0833. The maximum Gasteiger partial charge on any atom is 0.127 e. The summed E-state index contributed by atoms with van der Waals surface area (Å²) >= 11 is 0. The van der Waals surface area contributed by atoms with E-state index >= 15 is 0 Å². The Morgan fingerprint density at radius 3 is 2.70 bits per heavy atom. The first-order valence-electron chi connectivity index (χ1n) is 7.52. The lowest BCUT2D eigenvalue weighted by atomic mass is 10.2. The fraction of sp³-hybridized carbons (Fsp3) is 0.167. The third-order valence-corrected chi connectivity index (χ3v) is 3.34. The average Bonchev–Trinajstić information content (AvgIpc) is 3.02. The molecule has 0 saturated heterocycles. The number of nitrogens with one attached hydrogen (secondary N) is 1. The Kier molecular flexibility index (Phi) is 4.91. The number of hydrogen-bond acceptors (Lipinski definition) is 4. The van der Waals surface area contributed by atoms with Gasteiger partial charge in [-0.3, -0.25) is 4.68 Å². The van der Waals surface area contributed by atoms with Gasteiger partial charge < -0.3 is 15.2 Å². The zero-order valence-electron chi connectivity index (χ0n) is 12.7. The molecule has 0 radical (unpaired) electrons. The van der Waals surface area contributed by atoms with Gasteiger partial charge in [-0.2, -0.15) is 5.10 Å². The maximum absolute atomic E-state index is 8.89. The molecule has 0 aliphatic rings. The summed E-state index contributed by atoms with van der Waals surface area (Å²) in [5.41, 5.74) is 2.04. The summed E-state index contributed by atoms with van der Waals surface area (Å²) in [5.74, 6) is 1.63. The minimum Gasteiger partial charge on any atom is -0.457 e. The van der Waals surface area contributed by atoms with Crippen LogP contribution in [0.25, 0.3) is 0 Å². The van der Waals surface area contributed by atoms with E-state index in [0.717, 1.165) is 22.7 Å². The van der Waals surface area contributed by atoms with Crippen LogP contribution in [0.3, 0.4) is 0 Å². The number of ether oxygens (including phenoxy) is 1. The number of aliphatic hydroxyl groups is 1. The van der Waals surface area contributed by atoms with Gasteiger partial charge in [0.2, 0.25) is 0 Å². The van der Waals surface area contributed by atoms with Crippen molar-refractivity contribution in [3.63, 3.8) is 0 Å². The van der Waals surface area contributed by atoms with Crippen molar-refractivity contribution < 1.29 is 9.84 Å². The van der Waals surface area contributed by atoms with E-state index in [1.54, 1.807) is 10.9 Å². The molecule has 0 aliphatic heterocycles. The molecule has 1 aromatic heterocycles. The van der Waals surface area contributed by atoms with Gasteiger partial charge in [0.15, 0.2) is 0 Å². The predicted molar refractivity (Wildman–Crippen MR) is 89.6 cm³/mol. The van der Waals surface area contributed by atoms with Crippen LogP contribution in [0.4, 0.5) is 5.69 Å². The summed E-state index contributed by atoms with van der Waals surface area (Å²) in [6, 6.07) is 17.7. The molecule has 0 amide bonds. The van der Waals surface area contributed by atoms with E-state index in [4.69, 9.17) is 9.84 Å². The van der Waals surface area contributed by atoms with Crippen LogP contribution < -0.4 is 10.1 Å². The molecule has 3 aromatic rings. The van der Waals surface area contributed by atoms with E-state index < -0.39 is 0 Å². The van der Waals surface area contributed by atoms with E-state index in [2.05, 4.69) is 10.4 Å². The van der Waals surface area contributed by atoms with Gasteiger partial charge in [-0.25, -0.2) is 0 Å². The van der Waals surface area contributed by atoms with Crippen molar-refractivity contribution in [2.75, 3.05) is 11.9 Å². The van der Waals surface area contributed by atoms with Crippen LogP contribution in [0, 0.1) is 0 Å². The van der Waals surface area contributed by atoms with Crippen molar-refractivity contribution in [1.29, 1.82) is 0 Å². The van der Waals surface area contributed by atoms with Crippen molar-refractivity contribution >= 4 is 5.69 Å². The maximum atomic E-state index is 8.89. The Balaban J connectivity index is 1.60. The lowest BCUT2D eigenvalue weighted by Crippen LogP contribution is -2.02. The van der Waals surface area contributed by atoms with Gasteiger partial charge in [-0.1, -0.05) is 30.3 Å². The van der Waals surface area contributed by atoms with Crippen molar-refractivity contribution in [2.24, 2.45) is 0 Å². The first kappa shape index (κ1) is 15.1. The summed E-state index contributed by atoms with van der Waals surface area (Å²) < 4.78 is 7.54. The standard InChI is InChI=1S/C18H19N3O2/c22-10-9-21-14-16(13-20-21)19-12-15-5-4-8-18(11-15)23-17-6-2-1-3-7-17/h1-8,11,13-14,19,22H,9-10,12H2. The molecule has 118 valence electrons. The molecular formula is C18H19N3O2. The molecule has 0 saturated carbocycles. The Labute approximate surface area is 135 Å². The minimum atomic E-state index is 0.0833. The van der Waals surface area contributed by atoms with Crippen LogP contribution in [-0.4, -0.2) is 21.5 Å². The lowest BCUT2D eigenvalue weighted by Gasteiger charge is -2.08. The number of aliphatic hydroxyl groups excluding tert-OH is 1. The lowest BCUT2D eigenvalue weighted by molar-refractivity contribution is 0.269. The molecule has 23 heavy (non-hydrogen) atoms. The van der Waals surface area contributed by atoms with Crippen LogP contribution in [0.1, 0.15) is 5.56 Å². The van der Waals surface area contributed by atoms with E-state index in [-0.39, 0.29) is 6.61 Å². The van der Waals surface area contributed by atoms with Gasteiger partial charge in [0.1, 0.15) is 11.5 Å². The second-order valence-electron chi connectivity index (χ2n) is 5.13. The SMILES string of the molecule is OCCn1cc(NCc2cccc(Oc3ccccc3)c2)cn1. The number of anilines is 1. The fourth-order valence-electron chi connectivity index (χ4n) is 2.23. The third-order valence-electron chi connectivity index (χ3n) is 3.34. The molecule has 0 unspecified atom stereocenters. The van der Waals surface area contributed by atoms with Crippen LogP contribution in [0.2, 0.25) is 0 Å². The number of aromatic nitrogens is 2. The summed E-state index contributed by atoms with van der Waals surface area (Å²) in [5, 5.41) is 16.4. The largest absolute Gasteiger partial charge is 0.457 e. The zero-order chi connectivity index (χ0) is 15.9. The Hall–Kier alpha value is -2.79. The summed E-state index contributed by atoms with van der Waals surface area (Å²) in [7, 11) is 0. The zero-order valence-corrected chi connectivity index (χ0v) is 12.7. The molecule has 0 atom stereocenters. The molecule has 5 heteroatoms. The predicted octanol–water partition coefficient (Wildman–Crippen LogP) is 3.28. The summed E-state index contributed by atoms with van der Waals surface area (Å²) in [4.78, 5) is 0. The summed E-state index contributed by atoms with van der Waals surface area (Å²) in [6.45, 7) is 1.26. The highest BCUT2D eigenvalue weighted by molar-refractivity contribution is 5.40. The first-order valence-corrected chi connectivity index (χ1v) is 7.52. The van der Waals surface area contributed by atoms with Crippen molar-refractivity contribution in [3.8, 4) is 11.5 Å². The molecular weight excluding hydrogens is 290 g/mol. The first-order chi connectivity index (χ1) is 11.3.